The zero-order chi connectivity index (χ0) is 66.6. The van der Waals surface area contributed by atoms with E-state index in [-0.39, 0.29) is 0 Å². The molecular weight excluding hydrogens is 1030 g/mol. The molecule has 0 heteroatoms. The van der Waals surface area contributed by atoms with E-state index in [1.54, 1.807) is 0 Å². The highest BCUT2D eigenvalue weighted by molar-refractivity contribution is 5.51. The van der Waals surface area contributed by atoms with E-state index in [4.69, 9.17) is 13.2 Å². The molecule has 0 aliphatic heterocycles. The molecule has 0 amide bonds. The van der Waals surface area contributed by atoms with E-state index in [1.807, 2.05) is 75.3 Å². The molecule has 7 unspecified atom stereocenters. The minimum Gasteiger partial charge on any atom is -0.103 e. The standard InChI is InChI=1S/C37H52.C31H42.C5H10.C3H8.5C2H6/c1-11-15-32(16-12-2)27(7)28(8)34-23-33-20-19-31(21-24(4)13-3)22-35(33)37(34)30(10)29(9)36-25(5)17-14-18-26(36)6;1-7-30(22(2)3)31-16-15-28(20-26-13-11-23(4)12-14-26)21-29(31)19-25(6)18-27-10-8-9-24(5)17-27;1-4-5(2)3;1-3-2;5*1-2/h14,17-20,22,27,29,32,34,37H,4,8,10-13,15-16,21,23H2,1-3,5-7,9H3;11-16,21,24,27,30H,2,6-10,17-20H2,1,3-5H3;4-5H,1H2,2-3H3;3H2,1-2H3;5*1-2H3. The first-order valence-electron chi connectivity index (χ1n) is 35.5. The van der Waals surface area contributed by atoms with Crippen molar-refractivity contribution in [1.82, 2.24) is 0 Å². The Bertz CT molecular complexity index is 2420. The number of benzene rings is 4. The second-order valence-electron chi connectivity index (χ2n) is 24.4. The molecule has 1 fully saturated rings. The topological polar surface area (TPSA) is 0 Å². The molecule has 486 valence electrons. The summed E-state index contributed by atoms with van der Waals surface area (Å²) in [5, 5.41) is 0. The van der Waals surface area contributed by atoms with Crippen LogP contribution in [0.1, 0.15) is 308 Å². The Kier molecular flexibility index (Phi) is 49.9. The van der Waals surface area contributed by atoms with Gasteiger partial charge in [-0.3, -0.25) is 0 Å². The molecule has 0 bridgehead atoms. The summed E-state index contributed by atoms with van der Waals surface area (Å²) in [6.45, 7) is 80.0. The van der Waals surface area contributed by atoms with Crippen LogP contribution in [-0.4, -0.2) is 0 Å². The largest absolute Gasteiger partial charge is 0.103 e. The minimum atomic E-state index is 0.305. The fourth-order valence-corrected chi connectivity index (χ4v) is 12.5. The SMILES string of the molecule is C=C(CC)Cc1ccc2c(c1)C(C(=C)C(C)c1c(C)cccc1C)C(C(=C)C(C)C(CCC)CCC)C2.C=C(Cc1cc(Cc2ccc(C)cc2)ccc1C(CC)C(=C)C)CC1CCCC(C)C1.C=CC(C)C.CC.CC.CC.CC.CC.CCC. The Labute approximate surface area is 539 Å². The van der Waals surface area contributed by atoms with Crippen LogP contribution in [0.25, 0.3) is 0 Å². The second kappa shape index (κ2) is 50.2. The maximum absolute atomic E-state index is 4.85. The fraction of sp³-hybridized carbons (Fsp3) is 0.581. The lowest BCUT2D eigenvalue weighted by molar-refractivity contribution is 0.280. The summed E-state index contributed by atoms with van der Waals surface area (Å²) in [4.78, 5) is 0. The van der Waals surface area contributed by atoms with Crippen LogP contribution in [0, 0.1) is 56.3 Å². The van der Waals surface area contributed by atoms with Gasteiger partial charge in [0.05, 0.1) is 0 Å². The van der Waals surface area contributed by atoms with Crippen LogP contribution in [0.3, 0.4) is 0 Å². The molecule has 0 N–H and O–H groups in total. The summed E-state index contributed by atoms with van der Waals surface area (Å²) in [5.41, 5.74) is 22.4. The van der Waals surface area contributed by atoms with E-state index >= 15 is 0 Å². The highest BCUT2D eigenvalue weighted by atomic mass is 14.4. The Morgan fingerprint density at radius 3 is 1.63 bits per heavy atom. The maximum Gasteiger partial charge on any atom is 0.0123 e. The molecule has 2 aliphatic carbocycles. The molecule has 4 aromatic carbocycles. The van der Waals surface area contributed by atoms with Crippen LogP contribution in [0.15, 0.2) is 152 Å². The predicted octanol–water partition coefficient (Wildman–Crippen LogP) is 28.2. The van der Waals surface area contributed by atoms with Crippen molar-refractivity contribution in [2.75, 3.05) is 0 Å². The van der Waals surface area contributed by atoms with E-state index in [9.17, 15) is 0 Å². The molecule has 0 spiro atoms. The van der Waals surface area contributed by atoms with Crippen molar-refractivity contribution in [3.8, 4) is 0 Å². The molecule has 7 atom stereocenters. The van der Waals surface area contributed by atoms with E-state index in [0.717, 1.165) is 56.3 Å². The quantitative estimate of drug-likeness (QED) is 0.0650. The van der Waals surface area contributed by atoms with Crippen LogP contribution < -0.4 is 0 Å². The van der Waals surface area contributed by atoms with Crippen LogP contribution in [0.4, 0.5) is 0 Å². The van der Waals surface area contributed by atoms with Crippen LogP contribution >= 0.6 is 0 Å². The van der Waals surface area contributed by atoms with E-state index in [1.165, 1.54) is 153 Å². The first-order valence-corrected chi connectivity index (χ1v) is 35.5. The second-order valence-corrected chi connectivity index (χ2v) is 24.4. The van der Waals surface area contributed by atoms with Crippen molar-refractivity contribution < 1.29 is 0 Å². The summed E-state index contributed by atoms with van der Waals surface area (Å²) < 4.78 is 0. The lowest BCUT2D eigenvalue weighted by atomic mass is 9.70. The van der Waals surface area contributed by atoms with Crippen molar-refractivity contribution in [3.05, 3.63) is 213 Å². The van der Waals surface area contributed by atoms with Crippen molar-refractivity contribution >= 4 is 0 Å². The lowest BCUT2D eigenvalue weighted by Gasteiger charge is -2.34. The summed E-state index contributed by atoms with van der Waals surface area (Å²) in [7, 11) is 0. The minimum absolute atomic E-state index is 0.305. The molecule has 0 radical (unpaired) electrons. The molecule has 4 aromatic rings. The molecule has 0 nitrogen and oxygen atoms in total. The number of aryl methyl sites for hydroxylation is 3. The summed E-state index contributed by atoms with van der Waals surface area (Å²) in [6.07, 6.45) is 21.2. The van der Waals surface area contributed by atoms with Crippen molar-refractivity contribution in [3.63, 3.8) is 0 Å². The third kappa shape index (κ3) is 30.0. The molecule has 86 heavy (non-hydrogen) atoms. The van der Waals surface area contributed by atoms with Gasteiger partial charge in [0.25, 0.3) is 0 Å². The summed E-state index contributed by atoms with van der Waals surface area (Å²) in [6, 6.07) is 30.0. The molecule has 0 saturated heterocycles. The molecule has 1 saturated carbocycles. The van der Waals surface area contributed by atoms with Gasteiger partial charge in [-0.15, -0.1) is 6.58 Å². The van der Waals surface area contributed by atoms with Crippen molar-refractivity contribution in [2.45, 2.75) is 294 Å². The molecule has 0 aromatic heterocycles. The molecular formula is C86H142. The Balaban J connectivity index is -0.00000127. The monoisotopic (exact) mass is 1180 g/mol. The summed E-state index contributed by atoms with van der Waals surface area (Å²) >= 11 is 0. The van der Waals surface area contributed by atoms with Crippen LogP contribution in [0.5, 0.6) is 0 Å². The Hall–Kier alpha value is -4.68. The maximum atomic E-state index is 4.85. The van der Waals surface area contributed by atoms with Gasteiger partial charge in [0.1, 0.15) is 0 Å². The third-order valence-electron chi connectivity index (χ3n) is 17.0. The first-order chi connectivity index (χ1) is 41.2. The van der Waals surface area contributed by atoms with Gasteiger partial charge >= 0.3 is 0 Å². The number of hydrogen-bond acceptors (Lipinski definition) is 0. The van der Waals surface area contributed by atoms with E-state index in [0.29, 0.717) is 35.5 Å². The summed E-state index contributed by atoms with van der Waals surface area (Å²) in [5.74, 6) is 5.10. The average Bonchev–Trinajstić information content (AvgIpc) is 1.80. The van der Waals surface area contributed by atoms with Gasteiger partial charge in [-0.25, -0.2) is 0 Å². The molecule has 0 heterocycles. The normalized spacial score (nSPS) is 16.1. The first kappa shape index (κ1) is 85.5. The molecule has 2 aliphatic rings. The number of allylic oxidation sites excluding steroid dienone is 6. The highest BCUT2D eigenvalue weighted by Crippen LogP contribution is 2.52. The van der Waals surface area contributed by atoms with E-state index < -0.39 is 0 Å². The number of rotatable bonds is 23. The van der Waals surface area contributed by atoms with Gasteiger partial charge in [-0.2, -0.15) is 0 Å². The number of fused-ring (bicyclic) bond motifs is 1. The zero-order valence-electron chi connectivity index (χ0n) is 61.8. The number of hydrogen-bond donors (Lipinski definition) is 0. The molecule has 6 rings (SSSR count). The van der Waals surface area contributed by atoms with Gasteiger partial charge in [-0.1, -0.05) is 348 Å². The van der Waals surface area contributed by atoms with Crippen molar-refractivity contribution in [2.24, 2.45) is 35.5 Å². The van der Waals surface area contributed by atoms with Gasteiger partial charge in [0.15, 0.2) is 0 Å². The van der Waals surface area contributed by atoms with Crippen molar-refractivity contribution in [1.29, 1.82) is 0 Å². The van der Waals surface area contributed by atoms with Gasteiger partial charge < -0.3 is 0 Å². The van der Waals surface area contributed by atoms with Crippen LogP contribution in [0.2, 0.25) is 0 Å². The highest BCUT2D eigenvalue weighted by Gasteiger charge is 2.40. The van der Waals surface area contributed by atoms with Gasteiger partial charge in [-0.05, 0) is 170 Å². The zero-order valence-corrected chi connectivity index (χ0v) is 61.8. The Morgan fingerprint density at radius 2 is 1.15 bits per heavy atom. The van der Waals surface area contributed by atoms with E-state index in [2.05, 4.69) is 209 Å². The smallest absolute Gasteiger partial charge is 0.0123 e. The van der Waals surface area contributed by atoms with Gasteiger partial charge in [0.2, 0.25) is 0 Å². The third-order valence-corrected chi connectivity index (χ3v) is 17.0. The van der Waals surface area contributed by atoms with Gasteiger partial charge in [0, 0.05) is 17.8 Å². The fourth-order valence-electron chi connectivity index (χ4n) is 12.5. The average molecular weight is 1180 g/mol. The predicted molar refractivity (Wildman–Crippen MR) is 399 cm³/mol. The Morgan fingerprint density at radius 1 is 0.628 bits per heavy atom. The lowest BCUT2D eigenvalue weighted by Crippen LogP contribution is -2.23. The van der Waals surface area contributed by atoms with Crippen LogP contribution in [-0.2, 0) is 25.7 Å².